The van der Waals surface area contributed by atoms with Crippen molar-refractivity contribution in [3.63, 3.8) is 0 Å². The van der Waals surface area contributed by atoms with E-state index in [1.54, 1.807) is 21.1 Å². The van der Waals surface area contributed by atoms with Crippen LogP contribution in [0, 0.1) is 11.8 Å². The monoisotopic (exact) mass is 480 g/mol. The third-order valence-electron chi connectivity index (χ3n) is 4.38. The van der Waals surface area contributed by atoms with Gasteiger partial charge in [-0.1, -0.05) is 0 Å². The molecule has 2 aliphatic carbocycles. The van der Waals surface area contributed by atoms with Crippen LogP contribution < -0.4 is 0 Å². The van der Waals surface area contributed by atoms with Crippen molar-refractivity contribution in [2.45, 2.75) is 32.6 Å². The molecule has 2 fully saturated rings. The van der Waals surface area contributed by atoms with Crippen LogP contribution in [0.2, 0.25) is 0 Å². The first kappa shape index (κ1) is 31.9. The first-order valence-corrected chi connectivity index (χ1v) is 11.6. The van der Waals surface area contributed by atoms with Gasteiger partial charge in [-0.25, -0.2) is 0 Å². The molecule has 0 bridgehead atoms. The first-order valence-electron chi connectivity index (χ1n) is 11.6. The molecule has 0 amide bonds. The Balaban J connectivity index is 0.000000518. The number of ketones is 1. The quantitative estimate of drug-likeness (QED) is 0.214. The topological polar surface area (TPSA) is 119 Å². The highest BCUT2D eigenvalue weighted by atomic mass is 16.6. The zero-order chi connectivity index (χ0) is 24.6. The van der Waals surface area contributed by atoms with Crippen LogP contribution in [0.5, 0.6) is 0 Å². The zero-order valence-electron chi connectivity index (χ0n) is 20.6. The minimum absolute atomic E-state index is 0.0675. The first-order chi connectivity index (χ1) is 16.1. The van der Waals surface area contributed by atoms with Crippen LogP contribution in [0.15, 0.2) is 0 Å². The third kappa shape index (κ3) is 25.3. The number of carbonyl (C=O) groups is 2. The molecule has 0 radical (unpaired) electrons. The number of carbonyl (C=O) groups excluding carboxylic acids is 2. The predicted molar refractivity (Wildman–Crippen MR) is 121 cm³/mol. The zero-order valence-corrected chi connectivity index (χ0v) is 20.6. The summed E-state index contributed by atoms with van der Waals surface area (Å²) in [5.74, 6) is 0.914. The Morgan fingerprint density at radius 2 is 1.03 bits per heavy atom. The number of methoxy groups -OCH3 is 2. The van der Waals surface area contributed by atoms with E-state index in [1.807, 2.05) is 0 Å². The molecule has 0 aromatic heterocycles. The Bertz CT molecular complexity index is 445. The molecular formula is C23H44O10. The van der Waals surface area contributed by atoms with E-state index in [-0.39, 0.29) is 18.5 Å². The van der Waals surface area contributed by atoms with Gasteiger partial charge >= 0.3 is 5.97 Å². The van der Waals surface area contributed by atoms with Crippen molar-refractivity contribution in [3.8, 4) is 0 Å². The van der Waals surface area contributed by atoms with Crippen LogP contribution in [0.3, 0.4) is 0 Å². The van der Waals surface area contributed by atoms with Crippen molar-refractivity contribution < 1.29 is 47.9 Å². The summed E-state index contributed by atoms with van der Waals surface area (Å²) < 4.78 is 35.0. The molecule has 10 heteroatoms. The molecule has 0 unspecified atom stereocenters. The van der Waals surface area contributed by atoms with Crippen molar-refractivity contribution in [2.75, 3.05) is 93.5 Å². The van der Waals surface area contributed by atoms with E-state index < -0.39 is 0 Å². The fourth-order valence-electron chi connectivity index (χ4n) is 2.12. The molecule has 1 N–H and O–H groups in total. The maximum absolute atomic E-state index is 11.1. The molecule has 2 saturated carbocycles. The van der Waals surface area contributed by atoms with Crippen LogP contribution >= 0.6 is 0 Å². The van der Waals surface area contributed by atoms with E-state index in [4.69, 9.17) is 38.3 Å². The third-order valence-corrected chi connectivity index (χ3v) is 4.38. The van der Waals surface area contributed by atoms with Crippen LogP contribution in [0.4, 0.5) is 0 Å². The molecule has 0 heterocycles. The second kappa shape index (κ2) is 24.0. The molecule has 2 aliphatic rings. The summed E-state index contributed by atoms with van der Waals surface area (Å²) in [6, 6.07) is 0. The van der Waals surface area contributed by atoms with Gasteiger partial charge in [0.2, 0.25) is 0 Å². The summed E-state index contributed by atoms with van der Waals surface area (Å²) in [6.45, 7) is 7.43. The molecule has 196 valence electrons. The molecule has 2 rings (SSSR count). The van der Waals surface area contributed by atoms with Crippen LogP contribution in [0.1, 0.15) is 32.6 Å². The van der Waals surface area contributed by atoms with Gasteiger partial charge in [0.05, 0.1) is 78.6 Å². The fourth-order valence-corrected chi connectivity index (χ4v) is 2.12. The van der Waals surface area contributed by atoms with Gasteiger partial charge in [0, 0.05) is 20.1 Å². The largest absolute Gasteiger partial charge is 0.463 e. The normalized spacial score (nSPS) is 14.5. The molecule has 10 nitrogen and oxygen atoms in total. The fraction of sp³-hybridized carbons (Fsp3) is 0.913. The van der Waals surface area contributed by atoms with Crippen molar-refractivity contribution in [3.05, 3.63) is 0 Å². The summed E-state index contributed by atoms with van der Waals surface area (Å²) in [6.07, 6.45) is 4.25. The predicted octanol–water partition coefficient (Wildman–Crippen LogP) is 1.26. The van der Waals surface area contributed by atoms with Gasteiger partial charge in [-0.2, -0.15) is 0 Å². The van der Waals surface area contributed by atoms with E-state index in [0.717, 1.165) is 25.7 Å². The maximum atomic E-state index is 11.1. The summed E-state index contributed by atoms with van der Waals surface area (Å²) in [5, 5.41) is 8.32. The highest BCUT2D eigenvalue weighted by Crippen LogP contribution is 2.30. The lowest BCUT2D eigenvalue weighted by Gasteiger charge is -2.06. The van der Waals surface area contributed by atoms with Crippen LogP contribution in [-0.2, 0) is 42.7 Å². The highest BCUT2D eigenvalue weighted by molar-refractivity contribution is 5.80. The molecule has 0 aliphatic heterocycles. The molecule has 0 aromatic carbocycles. The summed E-state index contributed by atoms with van der Waals surface area (Å²) >= 11 is 0. The Hall–Kier alpha value is -1.14. The smallest absolute Gasteiger partial charge is 0.309 e. The van der Waals surface area contributed by atoms with Crippen molar-refractivity contribution in [1.82, 2.24) is 0 Å². The van der Waals surface area contributed by atoms with E-state index in [1.165, 1.54) is 0 Å². The number of ether oxygens (including phenoxy) is 7. The van der Waals surface area contributed by atoms with Crippen molar-refractivity contribution >= 4 is 11.8 Å². The molecule has 33 heavy (non-hydrogen) atoms. The van der Waals surface area contributed by atoms with E-state index in [9.17, 15) is 9.59 Å². The average molecular weight is 481 g/mol. The van der Waals surface area contributed by atoms with Gasteiger partial charge in [0.1, 0.15) is 12.4 Å². The lowest BCUT2D eigenvalue weighted by Crippen LogP contribution is -2.14. The van der Waals surface area contributed by atoms with Crippen LogP contribution in [-0.4, -0.2) is 110 Å². The molecule has 0 atom stereocenters. The number of aliphatic hydroxyl groups is 1. The average Bonchev–Trinajstić information content (AvgIpc) is 3.70. The lowest BCUT2D eigenvalue weighted by molar-refractivity contribution is -0.146. The van der Waals surface area contributed by atoms with Crippen molar-refractivity contribution in [1.29, 1.82) is 0 Å². The Labute approximate surface area is 198 Å². The number of esters is 1. The Morgan fingerprint density at radius 3 is 1.36 bits per heavy atom. The lowest BCUT2D eigenvalue weighted by atomic mass is 10.3. The van der Waals surface area contributed by atoms with E-state index in [2.05, 4.69) is 0 Å². The van der Waals surface area contributed by atoms with E-state index >= 15 is 0 Å². The van der Waals surface area contributed by atoms with E-state index in [0.29, 0.717) is 84.4 Å². The molecule has 0 spiro atoms. The van der Waals surface area contributed by atoms with Gasteiger partial charge in [-0.05, 0) is 32.6 Å². The minimum Gasteiger partial charge on any atom is -0.463 e. The number of rotatable bonds is 19. The maximum Gasteiger partial charge on any atom is 0.309 e. The van der Waals surface area contributed by atoms with Gasteiger partial charge < -0.3 is 38.3 Å². The minimum atomic E-state index is -0.0834. The van der Waals surface area contributed by atoms with Gasteiger partial charge in [0.15, 0.2) is 0 Å². The van der Waals surface area contributed by atoms with Gasteiger partial charge in [-0.15, -0.1) is 0 Å². The summed E-state index contributed by atoms with van der Waals surface area (Å²) in [4.78, 5) is 21.3. The number of aliphatic hydroxyl groups excluding tert-OH is 1. The van der Waals surface area contributed by atoms with Crippen molar-refractivity contribution in [2.24, 2.45) is 11.8 Å². The number of hydrogen-bond donors (Lipinski definition) is 1. The number of Topliss-reactive ketones (excluding diaryl/α,β-unsaturated/α-hetero) is 1. The molecule has 0 saturated heterocycles. The second-order valence-electron chi connectivity index (χ2n) is 7.49. The standard InChI is InChI=1S/C11H20O5.C7H16O4.C5H8O/c1-13-4-5-14-6-7-15-8-9-16-11(12)10-2-3-10;1-9-4-5-11-7-6-10-3-2-8;1-4(6)5-2-3-5/h10H,2-9H2,1H3;8H,2-7H2,1H3;5H,2-3H2,1H3. The Kier molecular flexibility index (Phi) is 23.2. The van der Waals surface area contributed by atoms with Crippen LogP contribution in [0.25, 0.3) is 0 Å². The SMILES string of the molecule is CC(=O)C1CC1.COCCOCCOCCO.COCCOCCOCCOC(=O)C1CC1. The Morgan fingerprint density at radius 1 is 0.636 bits per heavy atom. The molecular weight excluding hydrogens is 436 g/mol. The molecule has 0 aromatic rings. The number of hydrogen-bond acceptors (Lipinski definition) is 10. The second-order valence-corrected chi connectivity index (χ2v) is 7.49. The summed E-state index contributed by atoms with van der Waals surface area (Å²) in [7, 11) is 3.26. The van der Waals surface area contributed by atoms with Gasteiger partial charge in [-0.3, -0.25) is 9.59 Å². The summed E-state index contributed by atoms with van der Waals surface area (Å²) in [5.41, 5.74) is 0. The van der Waals surface area contributed by atoms with Gasteiger partial charge in [0.25, 0.3) is 0 Å². The highest BCUT2D eigenvalue weighted by Gasteiger charge is 2.30.